The Morgan fingerprint density at radius 2 is 1.95 bits per heavy atom. The smallest absolute Gasteiger partial charge is 0.167 e. The molecule has 3 unspecified atom stereocenters. The summed E-state index contributed by atoms with van der Waals surface area (Å²) in [5, 5.41) is 34.4. The Morgan fingerprint density at radius 1 is 1.23 bits per heavy atom. The van der Waals surface area contributed by atoms with Gasteiger partial charge in [-0.2, -0.15) is 0 Å². The maximum absolute atomic E-state index is 13.6. The Labute approximate surface area is 237 Å². The second kappa shape index (κ2) is 14.0. The van der Waals surface area contributed by atoms with E-state index in [0.29, 0.717) is 24.1 Å². The van der Waals surface area contributed by atoms with Crippen LogP contribution >= 0.6 is 0 Å². The second-order valence-electron chi connectivity index (χ2n) is 11.2. The highest BCUT2D eigenvalue weighted by Crippen LogP contribution is 2.45. The van der Waals surface area contributed by atoms with Gasteiger partial charge in [0.2, 0.25) is 0 Å². The number of phenolic OH excluding ortho intramolecular Hbond substituents is 1. The van der Waals surface area contributed by atoms with E-state index < -0.39 is 12.5 Å². The Kier molecular flexibility index (Phi) is 11.0. The van der Waals surface area contributed by atoms with Crippen molar-refractivity contribution in [2.75, 3.05) is 38.7 Å². The van der Waals surface area contributed by atoms with Crippen LogP contribution in [0.5, 0.6) is 5.75 Å². The highest BCUT2D eigenvalue weighted by atomic mass is 16.3. The molecule has 1 aliphatic carbocycles. The zero-order valence-electron chi connectivity index (χ0n) is 23.3. The number of furan rings is 1. The van der Waals surface area contributed by atoms with Crippen LogP contribution in [-0.2, 0) is 16.0 Å². The molecule has 6 N–H and O–H groups in total. The van der Waals surface area contributed by atoms with Gasteiger partial charge < -0.3 is 35.4 Å². The lowest BCUT2D eigenvalue weighted by Gasteiger charge is -2.33. The minimum Gasteiger partial charge on any atom is -0.505 e. The Hall–Kier alpha value is -3.05. The van der Waals surface area contributed by atoms with Crippen molar-refractivity contribution in [2.45, 2.75) is 57.9 Å². The minimum absolute atomic E-state index is 0. The van der Waals surface area contributed by atoms with E-state index in [-0.39, 0.29) is 75.2 Å². The molecular formula is C30H46N2O8. The molecule has 0 radical (unpaired) electrons. The van der Waals surface area contributed by atoms with Crippen molar-refractivity contribution in [1.29, 1.82) is 0 Å². The van der Waals surface area contributed by atoms with Crippen molar-refractivity contribution in [1.82, 2.24) is 4.90 Å². The van der Waals surface area contributed by atoms with Crippen LogP contribution in [0.15, 0.2) is 29.1 Å². The summed E-state index contributed by atoms with van der Waals surface area (Å²) < 4.78 is 5.35. The first-order valence-electron chi connectivity index (χ1n) is 13.8. The first kappa shape index (κ1) is 31.5. The molecule has 2 aliphatic rings. The Bertz CT molecular complexity index is 1180. The van der Waals surface area contributed by atoms with Gasteiger partial charge in [0.15, 0.2) is 5.78 Å². The number of benzene rings is 1. The van der Waals surface area contributed by atoms with E-state index in [4.69, 9.17) is 4.42 Å². The predicted octanol–water partition coefficient (Wildman–Crippen LogP) is 3.12. The molecule has 0 spiro atoms. The molecule has 40 heavy (non-hydrogen) atoms. The van der Waals surface area contributed by atoms with Gasteiger partial charge in [-0.1, -0.05) is 0 Å². The molecule has 4 rings (SSSR count). The van der Waals surface area contributed by atoms with Crippen LogP contribution < -0.4 is 5.32 Å². The van der Waals surface area contributed by atoms with Gasteiger partial charge in [0.25, 0.3) is 0 Å². The predicted molar refractivity (Wildman–Crippen MR) is 155 cm³/mol. The highest BCUT2D eigenvalue weighted by Gasteiger charge is 2.36. The number of piperidine rings is 1. The van der Waals surface area contributed by atoms with Crippen molar-refractivity contribution < 1.29 is 42.4 Å². The van der Waals surface area contributed by atoms with Gasteiger partial charge in [0.1, 0.15) is 17.3 Å². The van der Waals surface area contributed by atoms with E-state index in [1.54, 1.807) is 12.5 Å². The van der Waals surface area contributed by atoms with Gasteiger partial charge >= 0.3 is 0 Å². The van der Waals surface area contributed by atoms with Gasteiger partial charge in [-0.25, -0.2) is 0 Å². The maximum Gasteiger partial charge on any atom is 0.167 e. The molecule has 1 fully saturated rings. The molecule has 224 valence electrons. The molecule has 0 saturated carbocycles. The molecule has 3 atom stereocenters. The number of carbonyl (C=O) groups excluding carboxylic acids is 3. The number of rotatable bonds is 12. The van der Waals surface area contributed by atoms with Crippen molar-refractivity contribution in [3.63, 3.8) is 0 Å². The number of ketones is 3. The number of aliphatic hydroxyl groups is 2. The SMILES string of the molecule is CC(=O)CC(=O)C(CO)C(CCO)CC1CC(=O)c2c(O)c(NC3CCN(C)CC3)cc(-c3ccoc3)c2C1.O.[HH].[HH]. The number of nitrogens with one attached hydrogen (secondary N) is 1. The standard InChI is InChI=1S/C30H40N2O7.H2O.2H2/c1-18(35)11-27(36)25(16-34)20(5-9-33)12-19-13-24-23(21-6-10-39-17-21)15-26(30(38)29(24)28(37)14-19)31-22-3-7-32(2)8-4-22;;;/h6,10,15,17,19-20,22,25,31,33-34,38H,3-5,7-9,11-14,16H2,1-2H3;1H2;2*1H. The quantitative estimate of drug-likeness (QED) is 0.224. The maximum atomic E-state index is 13.6. The normalized spacial score (nSPS) is 19.4. The second-order valence-corrected chi connectivity index (χ2v) is 11.2. The number of hydrogen-bond acceptors (Lipinski definition) is 9. The van der Waals surface area contributed by atoms with Gasteiger partial charge in [-0.15, -0.1) is 0 Å². The molecule has 2 aromatic rings. The Morgan fingerprint density at radius 3 is 2.55 bits per heavy atom. The van der Waals surface area contributed by atoms with E-state index in [9.17, 15) is 29.7 Å². The van der Waals surface area contributed by atoms with E-state index in [2.05, 4.69) is 17.3 Å². The number of aromatic hydroxyl groups is 1. The number of anilines is 1. The van der Waals surface area contributed by atoms with Gasteiger partial charge in [0.05, 0.1) is 36.8 Å². The van der Waals surface area contributed by atoms with Crippen molar-refractivity contribution in [3.05, 3.63) is 35.8 Å². The van der Waals surface area contributed by atoms with Crippen LogP contribution in [-0.4, -0.2) is 82.4 Å². The van der Waals surface area contributed by atoms with E-state index >= 15 is 0 Å². The van der Waals surface area contributed by atoms with Crippen molar-refractivity contribution >= 4 is 23.0 Å². The lowest BCUT2D eigenvalue weighted by molar-refractivity contribution is -0.131. The van der Waals surface area contributed by atoms with Gasteiger partial charge in [-0.05, 0) is 94.3 Å². The first-order chi connectivity index (χ1) is 18.7. The van der Waals surface area contributed by atoms with Crippen LogP contribution in [0.4, 0.5) is 5.69 Å². The number of Topliss-reactive ketones (excluding diaryl/α,β-unsaturated/α-hetero) is 3. The minimum atomic E-state index is -0.777. The monoisotopic (exact) mass is 562 g/mol. The summed E-state index contributed by atoms with van der Waals surface area (Å²) in [5.41, 5.74) is 3.23. The number of nitrogens with zero attached hydrogens (tertiary/aromatic N) is 1. The molecule has 1 aromatic carbocycles. The molecule has 1 saturated heterocycles. The fourth-order valence-electron chi connectivity index (χ4n) is 6.24. The number of carbonyl (C=O) groups is 3. The molecule has 10 heteroatoms. The number of hydrogen-bond donors (Lipinski definition) is 4. The van der Waals surface area contributed by atoms with Crippen LogP contribution in [0, 0.1) is 17.8 Å². The molecular weight excluding hydrogens is 516 g/mol. The summed E-state index contributed by atoms with van der Waals surface area (Å²) in [6.45, 7) is 2.67. The van der Waals surface area contributed by atoms with Crippen LogP contribution in [0.25, 0.3) is 11.1 Å². The molecule has 2 heterocycles. The summed E-state index contributed by atoms with van der Waals surface area (Å²) in [6, 6.07) is 3.91. The largest absolute Gasteiger partial charge is 0.505 e. The lowest BCUT2D eigenvalue weighted by Crippen LogP contribution is -2.36. The van der Waals surface area contributed by atoms with Crippen LogP contribution in [0.2, 0.25) is 0 Å². The lowest BCUT2D eigenvalue weighted by atomic mass is 9.72. The third-order valence-electron chi connectivity index (χ3n) is 8.30. The molecule has 10 nitrogen and oxygen atoms in total. The topological polar surface area (TPSA) is 172 Å². The summed E-state index contributed by atoms with van der Waals surface area (Å²) >= 11 is 0. The number of phenols is 1. The molecule has 1 aliphatic heterocycles. The Balaban J connectivity index is 0.00000294. The van der Waals surface area contributed by atoms with Gasteiger partial charge in [-0.3, -0.25) is 14.4 Å². The van der Waals surface area contributed by atoms with Crippen LogP contribution in [0.3, 0.4) is 0 Å². The third kappa shape index (κ3) is 7.17. The molecule has 0 amide bonds. The van der Waals surface area contributed by atoms with Crippen molar-refractivity contribution in [3.8, 4) is 16.9 Å². The number of aliphatic hydroxyl groups excluding tert-OH is 2. The first-order valence-corrected chi connectivity index (χ1v) is 13.8. The summed E-state index contributed by atoms with van der Waals surface area (Å²) in [7, 11) is 2.09. The highest BCUT2D eigenvalue weighted by molar-refractivity contribution is 6.05. The summed E-state index contributed by atoms with van der Waals surface area (Å²) in [5.74, 6) is -2.12. The molecule has 0 bridgehead atoms. The fraction of sp³-hybridized carbons (Fsp3) is 0.567. The van der Waals surface area contributed by atoms with E-state index in [1.165, 1.54) is 6.92 Å². The zero-order chi connectivity index (χ0) is 28.1. The zero-order valence-corrected chi connectivity index (χ0v) is 23.3. The average molecular weight is 563 g/mol. The fourth-order valence-corrected chi connectivity index (χ4v) is 6.24. The number of likely N-dealkylation sites (tertiary alicyclic amines) is 1. The van der Waals surface area contributed by atoms with E-state index in [0.717, 1.165) is 42.6 Å². The molecule has 1 aromatic heterocycles. The van der Waals surface area contributed by atoms with E-state index in [1.807, 2.05) is 12.1 Å². The third-order valence-corrected chi connectivity index (χ3v) is 8.30. The van der Waals surface area contributed by atoms with Crippen LogP contribution in [0.1, 0.15) is 64.2 Å². The summed E-state index contributed by atoms with van der Waals surface area (Å²) in [6.07, 6.45) is 6.20. The van der Waals surface area contributed by atoms with Gasteiger partial charge in [0, 0.05) is 33.4 Å². The average Bonchev–Trinajstić information content (AvgIpc) is 3.41. The van der Waals surface area contributed by atoms with Crippen molar-refractivity contribution in [2.24, 2.45) is 17.8 Å². The summed E-state index contributed by atoms with van der Waals surface area (Å²) in [4.78, 5) is 40.1. The number of fused-ring (bicyclic) bond motifs is 1.